The third-order valence-electron chi connectivity index (χ3n) is 2.67. The summed E-state index contributed by atoms with van der Waals surface area (Å²) < 4.78 is 28.3. The molecule has 0 spiro atoms. The summed E-state index contributed by atoms with van der Waals surface area (Å²) in [6.07, 6.45) is 7.96. The fourth-order valence-corrected chi connectivity index (χ4v) is 2.64. The molecule has 0 saturated carbocycles. The van der Waals surface area contributed by atoms with Gasteiger partial charge in [0, 0.05) is 31.9 Å². The minimum atomic E-state index is -3.48. The van der Waals surface area contributed by atoms with Crippen LogP contribution in [0.3, 0.4) is 0 Å². The number of hydrogen-bond acceptors (Lipinski definition) is 4. The summed E-state index contributed by atoms with van der Waals surface area (Å²) >= 11 is 0. The van der Waals surface area contributed by atoms with Crippen LogP contribution in [0.25, 0.3) is 0 Å². The van der Waals surface area contributed by atoms with Crippen molar-refractivity contribution >= 4 is 10.0 Å². The highest BCUT2D eigenvalue weighted by atomic mass is 32.2. The quantitative estimate of drug-likeness (QED) is 0.725. The van der Waals surface area contributed by atoms with Gasteiger partial charge in [-0.05, 0) is 6.42 Å². The second-order valence-corrected chi connectivity index (χ2v) is 5.83. The number of aromatic nitrogens is 4. The zero-order valence-corrected chi connectivity index (χ0v) is 11.5. The maximum absolute atomic E-state index is 11.9. The summed E-state index contributed by atoms with van der Waals surface area (Å²) in [6, 6.07) is 0. The Morgan fingerprint density at radius 1 is 1.47 bits per heavy atom. The number of H-pyrrole nitrogens is 1. The van der Waals surface area contributed by atoms with Crippen molar-refractivity contribution in [3.8, 4) is 0 Å². The van der Waals surface area contributed by atoms with Crippen LogP contribution in [0.1, 0.15) is 19.2 Å². The molecule has 0 atom stereocenters. The molecule has 0 bridgehead atoms. The van der Waals surface area contributed by atoms with Crippen LogP contribution in [0.15, 0.2) is 29.9 Å². The van der Waals surface area contributed by atoms with E-state index < -0.39 is 10.0 Å². The Bertz CT molecular complexity index is 603. The number of aromatic amines is 1. The number of nitrogens with zero attached hydrogens (tertiary/aromatic N) is 3. The van der Waals surface area contributed by atoms with Gasteiger partial charge in [-0.3, -0.25) is 0 Å². The van der Waals surface area contributed by atoms with Gasteiger partial charge >= 0.3 is 0 Å². The minimum absolute atomic E-state index is 0.118. The van der Waals surface area contributed by atoms with Gasteiger partial charge in [-0.15, -0.1) is 0 Å². The predicted molar refractivity (Wildman–Crippen MR) is 70.0 cm³/mol. The Kier molecular flexibility index (Phi) is 4.33. The monoisotopic (exact) mass is 283 g/mol. The zero-order chi connectivity index (χ0) is 13.7. The fourth-order valence-electron chi connectivity index (χ4n) is 1.62. The summed E-state index contributed by atoms with van der Waals surface area (Å²) in [6.45, 7) is 3.01. The van der Waals surface area contributed by atoms with E-state index in [4.69, 9.17) is 0 Å². The maximum Gasteiger partial charge on any atom is 0.257 e. The zero-order valence-electron chi connectivity index (χ0n) is 10.7. The molecular formula is C11H17N5O2S. The first-order chi connectivity index (χ1) is 9.12. The van der Waals surface area contributed by atoms with Gasteiger partial charge in [0.2, 0.25) is 0 Å². The Balaban J connectivity index is 1.84. The molecule has 0 aliphatic rings. The van der Waals surface area contributed by atoms with Crippen molar-refractivity contribution in [2.45, 2.75) is 31.3 Å². The molecule has 0 radical (unpaired) electrons. The average molecular weight is 283 g/mol. The van der Waals surface area contributed by atoms with Gasteiger partial charge in [-0.1, -0.05) is 6.92 Å². The molecule has 19 heavy (non-hydrogen) atoms. The lowest BCUT2D eigenvalue weighted by molar-refractivity contribution is 0.567. The second-order valence-electron chi connectivity index (χ2n) is 4.10. The van der Waals surface area contributed by atoms with E-state index in [0.29, 0.717) is 25.2 Å². The molecular weight excluding hydrogens is 266 g/mol. The van der Waals surface area contributed by atoms with Crippen molar-refractivity contribution in [1.82, 2.24) is 24.2 Å². The van der Waals surface area contributed by atoms with Gasteiger partial charge < -0.3 is 9.55 Å². The molecule has 0 aliphatic heterocycles. The highest BCUT2D eigenvalue weighted by Crippen LogP contribution is 2.05. The molecule has 8 heteroatoms. The van der Waals surface area contributed by atoms with Crippen molar-refractivity contribution in [3.05, 3.63) is 30.7 Å². The standard InChI is InChI=1S/C11H17N5O2S/c1-2-10-13-8-11(15-10)19(17,18)14-4-3-6-16-7-5-12-9-16/h5,7-9,14H,2-4,6H2,1H3,(H,13,15). The second kappa shape index (κ2) is 5.98. The predicted octanol–water partition coefficient (Wildman–Crippen LogP) is 0.537. The molecule has 2 rings (SSSR count). The Morgan fingerprint density at radius 2 is 2.32 bits per heavy atom. The van der Waals surface area contributed by atoms with Crippen LogP contribution in [0.4, 0.5) is 0 Å². The molecule has 7 nitrogen and oxygen atoms in total. The summed E-state index contributed by atoms with van der Waals surface area (Å²) in [5.41, 5.74) is 0. The van der Waals surface area contributed by atoms with Crippen LogP contribution < -0.4 is 4.72 Å². The first-order valence-corrected chi connectivity index (χ1v) is 7.59. The normalized spacial score (nSPS) is 11.8. The molecule has 0 amide bonds. The first kappa shape index (κ1) is 13.8. The average Bonchev–Trinajstić information content (AvgIpc) is 3.05. The van der Waals surface area contributed by atoms with Gasteiger partial charge in [0.15, 0.2) is 5.03 Å². The number of sulfonamides is 1. The van der Waals surface area contributed by atoms with E-state index in [-0.39, 0.29) is 5.03 Å². The van der Waals surface area contributed by atoms with Crippen LogP contribution in [0.2, 0.25) is 0 Å². The van der Waals surface area contributed by atoms with Gasteiger partial charge in [0.05, 0.1) is 12.5 Å². The van der Waals surface area contributed by atoms with E-state index in [1.165, 1.54) is 6.20 Å². The number of hydrogen-bond donors (Lipinski definition) is 2. The van der Waals surface area contributed by atoms with Crippen LogP contribution in [-0.4, -0.2) is 34.5 Å². The molecule has 2 heterocycles. The summed E-state index contributed by atoms with van der Waals surface area (Å²) in [4.78, 5) is 10.7. The van der Waals surface area contributed by atoms with E-state index in [1.807, 2.05) is 17.7 Å². The number of nitrogens with one attached hydrogen (secondary N) is 2. The lowest BCUT2D eigenvalue weighted by atomic mass is 10.4. The van der Waals surface area contributed by atoms with Crippen LogP contribution >= 0.6 is 0 Å². The first-order valence-electron chi connectivity index (χ1n) is 6.11. The number of rotatable bonds is 7. The van der Waals surface area contributed by atoms with Gasteiger partial charge in [0.1, 0.15) is 5.82 Å². The Morgan fingerprint density at radius 3 is 2.95 bits per heavy atom. The number of imidazole rings is 2. The molecule has 2 N–H and O–H groups in total. The van der Waals surface area contributed by atoms with Crippen molar-refractivity contribution in [2.75, 3.05) is 6.54 Å². The molecule has 0 saturated heterocycles. The third-order valence-corrected chi connectivity index (χ3v) is 4.04. The molecule has 0 aromatic carbocycles. The SMILES string of the molecule is CCc1ncc(S(=O)(=O)NCCCn2ccnc2)[nH]1. The van der Waals surface area contributed by atoms with Crippen molar-refractivity contribution in [3.63, 3.8) is 0 Å². The minimum Gasteiger partial charge on any atom is -0.337 e. The Labute approximate surface area is 112 Å². The van der Waals surface area contributed by atoms with Crippen LogP contribution in [0.5, 0.6) is 0 Å². The maximum atomic E-state index is 11.9. The van der Waals surface area contributed by atoms with E-state index in [9.17, 15) is 8.42 Å². The van der Waals surface area contributed by atoms with Crippen molar-refractivity contribution < 1.29 is 8.42 Å². The molecule has 104 valence electrons. The van der Waals surface area contributed by atoms with E-state index in [0.717, 1.165) is 6.54 Å². The highest BCUT2D eigenvalue weighted by Gasteiger charge is 2.15. The fraction of sp³-hybridized carbons (Fsp3) is 0.455. The van der Waals surface area contributed by atoms with E-state index in [2.05, 4.69) is 19.7 Å². The molecule has 0 aliphatic carbocycles. The molecule has 0 fully saturated rings. The van der Waals surface area contributed by atoms with E-state index in [1.54, 1.807) is 12.5 Å². The van der Waals surface area contributed by atoms with Crippen molar-refractivity contribution in [1.29, 1.82) is 0 Å². The van der Waals surface area contributed by atoms with Crippen molar-refractivity contribution in [2.24, 2.45) is 0 Å². The van der Waals surface area contributed by atoms with Gasteiger partial charge in [-0.2, -0.15) is 0 Å². The van der Waals surface area contributed by atoms with Crippen LogP contribution in [-0.2, 0) is 23.0 Å². The topological polar surface area (TPSA) is 92.7 Å². The largest absolute Gasteiger partial charge is 0.337 e. The molecule has 2 aromatic rings. The summed E-state index contributed by atoms with van der Waals surface area (Å²) in [5, 5.41) is 0.118. The van der Waals surface area contributed by atoms with Gasteiger partial charge in [0.25, 0.3) is 10.0 Å². The third kappa shape index (κ3) is 3.65. The molecule has 2 aromatic heterocycles. The molecule has 0 unspecified atom stereocenters. The van der Waals surface area contributed by atoms with Crippen LogP contribution in [0, 0.1) is 0 Å². The lowest BCUT2D eigenvalue weighted by Gasteiger charge is -2.05. The van der Waals surface area contributed by atoms with Gasteiger partial charge in [-0.25, -0.2) is 23.1 Å². The summed E-state index contributed by atoms with van der Waals surface area (Å²) in [7, 11) is -3.48. The number of aryl methyl sites for hydroxylation is 2. The highest BCUT2D eigenvalue weighted by molar-refractivity contribution is 7.89. The van der Waals surface area contributed by atoms with E-state index >= 15 is 0 Å². The summed E-state index contributed by atoms with van der Waals surface area (Å²) in [5.74, 6) is 0.666. The Hall–Kier alpha value is -1.67. The smallest absolute Gasteiger partial charge is 0.257 e. The lowest BCUT2D eigenvalue weighted by Crippen LogP contribution is -2.25.